The van der Waals surface area contributed by atoms with Crippen molar-refractivity contribution in [2.45, 2.75) is 31.4 Å². The molecule has 5 rings (SSSR count). The molecule has 200 valence electrons. The standard InChI is InChI=1S/C28H30F2N4O3S/c1-28(2,3)26-24-25(20-6-4-5-7-21(20)30)38-17-23(36)33(16-22(35)32-12-14-37-15-13-32)27(24)34(31-26)19-10-8-18(29)9-11-19/h4-11,25H,12-17H2,1-3H3/t25-/m1/s1. The molecule has 0 aliphatic carbocycles. The van der Waals surface area contributed by atoms with Crippen molar-refractivity contribution in [2.24, 2.45) is 0 Å². The number of ether oxygens (including phenoxy) is 1. The lowest BCUT2D eigenvalue weighted by Gasteiger charge is -2.30. The van der Waals surface area contributed by atoms with E-state index in [1.54, 1.807) is 39.9 Å². The fourth-order valence-corrected chi connectivity index (χ4v) is 6.04. The minimum absolute atomic E-state index is 0.0527. The minimum atomic E-state index is -0.540. The Labute approximate surface area is 224 Å². The summed E-state index contributed by atoms with van der Waals surface area (Å²) < 4.78 is 36.0. The van der Waals surface area contributed by atoms with Gasteiger partial charge in [0.1, 0.15) is 24.0 Å². The highest BCUT2D eigenvalue weighted by molar-refractivity contribution is 8.00. The first-order valence-corrected chi connectivity index (χ1v) is 13.6. The van der Waals surface area contributed by atoms with Crippen LogP contribution in [0.4, 0.5) is 14.6 Å². The van der Waals surface area contributed by atoms with Crippen LogP contribution in [-0.2, 0) is 19.7 Å². The Morgan fingerprint density at radius 2 is 1.76 bits per heavy atom. The highest BCUT2D eigenvalue weighted by Crippen LogP contribution is 2.48. The molecule has 3 aromatic rings. The average molecular weight is 541 g/mol. The van der Waals surface area contributed by atoms with Crippen molar-refractivity contribution in [3.63, 3.8) is 0 Å². The van der Waals surface area contributed by atoms with Crippen LogP contribution in [0, 0.1) is 11.6 Å². The van der Waals surface area contributed by atoms with E-state index in [1.165, 1.54) is 34.9 Å². The number of hydrogen-bond acceptors (Lipinski definition) is 5. The fraction of sp³-hybridized carbons (Fsp3) is 0.393. The van der Waals surface area contributed by atoms with Crippen molar-refractivity contribution < 1.29 is 23.1 Å². The van der Waals surface area contributed by atoms with Gasteiger partial charge >= 0.3 is 0 Å². The van der Waals surface area contributed by atoms with Gasteiger partial charge in [0, 0.05) is 29.6 Å². The first-order chi connectivity index (χ1) is 18.1. The Morgan fingerprint density at radius 1 is 1.08 bits per heavy atom. The zero-order valence-electron chi connectivity index (χ0n) is 21.6. The molecular weight excluding hydrogens is 510 g/mol. The molecule has 1 atom stereocenters. The number of halogens is 2. The summed E-state index contributed by atoms with van der Waals surface area (Å²) in [6.07, 6.45) is 0. The third kappa shape index (κ3) is 5.07. The van der Waals surface area contributed by atoms with Gasteiger partial charge < -0.3 is 9.64 Å². The van der Waals surface area contributed by atoms with E-state index in [4.69, 9.17) is 9.84 Å². The lowest BCUT2D eigenvalue weighted by molar-refractivity contribution is -0.134. The summed E-state index contributed by atoms with van der Waals surface area (Å²) in [4.78, 5) is 30.2. The monoisotopic (exact) mass is 540 g/mol. The SMILES string of the molecule is CC(C)(C)c1nn(-c2ccc(F)cc2)c2c1[C@@H](c1ccccc1F)SCC(=O)N2CC(=O)N1CCOCC1. The molecule has 0 spiro atoms. The number of hydrogen-bond donors (Lipinski definition) is 0. The second-order valence-corrected chi connectivity index (χ2v) is 11.5. The van der Waals surface area contributed by atoms with Crippen molar-refractivity contribution in [3.8, 4) is 5.69 Å². The summed E-state index contributed by atoms with van der Waals surface area (Å²) >= 11 is 1.32. The molecule has 2 amide bonds. The van der Waals surface area contributed by atoms with Crippen LogP contribution in [0.3, 0.4) is 0 Å². The number of nitrogens with zero attached hydrogens (tertiary/aromatic N) is 4. The van der Waals surface area contributed by atoms with Crippen molar-refractivity contribution in [3.05, 3.63) is 77.0 Å². The van der Waals surface area contributed by atoms with Gasteiger partial charge in [0.05, 0.1) is 35.6 Å². The van der Waals surface area contributed by atoms with Gasteiger partial charge in [0.15, 0.2) is 0 Å². The molecule has 10 heteroatoms. The maximum absolute atomic E-state index is 15.2. The quantitative estimate of drug-likeness (QED) is 0.488. The molecule has 0 bridgehead atoms. The van der Waals surface area contributed by atoms with Gasteiger partial charge in [-0.2, -0.15) is 5.10 Å². The largest absolute Gasteiger partial charge is 0.378 e. The number of anilines is 1. The summed E-state index contributed by atoms with van der Waals surface area (Å²) in [5, 5.41) is 4.39. The molecule has 2 aliphatic heterocycles. The van der Waals surface area contributed by atoms with Gasteiger partial charge in [0.2, 0.25) is 11.8 Å². The van der Waals surface area contributed by atoms with Crippen LogP contribution in [0.1, 0.15) is 42.8 Å². The van der Waals surface area contributed by atoms with E-state index < -0.39 is 16.5 Å². The number of rotatable bonds is 4. The van der Waals surface area contributed by atoms with Crippen LogP contribution in [-0.4, -0.2) is 65.1 Å². The first kappa shape index (κ1) is 26.4. The third-order valence-electron chi connectivity index (χ3n) is 6.72. The van der Waals surface area contributed by atoms with Gasteiger partial charge in [-0.15, -0.1) is 11.8 Å². The van der Waals surface area contributed by atoms with Crippen LogP contribution < -0.4 is 4.90 Å². The molecule has 0 saturated carbocycles. The summed E-state index contributed by atoms with van der Waals surface area (Å²) in [7, 11) is 0. The van der Waals surface area contributed by atoms with Gasteiger partial charge in [0.25, 0.3) is 0 Å². The van der Waals surface area contributed by atoms with Gasteiger partial charge in [-0.1, -0.05) is 39.0 Å². The number of carbonyl (C=O) groups excluding carboxylic acids is 2. The lowest BCUT2D eigenvalue weighted by Crippen LogP contribution is -2.48. The highest BCUT2D eigenvalue weighted by atomic mass is 32.2. The van der Waals surface area contributed by atoms with Crippen LogP contribution in [0.15, 0.2) is 48.5 Å². The molecule has 0 unspecified atom stereocenters. The van der Waals surface area contributed by atoms with E-state index in [2.05, 4.69) is 0 Å². The minimum Gasteiger partial charge on any atom is -0.378 e. The molecule has 2 aromatic carbocycles. The summed E-state index contributed by atoms with van der Waals surface area (Å²) in [5.41, 5.74) is 1.85. The van der Waals surface area contributed by atoms with E-state index >= 15 is 4.39 Å². The van der Waals surface area contributed by atoms with E-state index in [1.807, 2.05) is 20.8 Å². The second-order valence-electron chi connectivity index (χ2n) is 10.4. The molecule has 1 saturated heterocycles. The first-order valence-electron chi connectivity index (χ1n) is 12.6. The Hall–Kier alpha value is -3.24. The predicted octanol–water partition coefficient (Wildman–Crippen LogP) is 4.48. The molecule has 1 aromatic heterocycles. The smallest absolute Gasteiger partial charge is 0.242 e. The van der Waals surface area contributed by atoms with E-state index in [-0.39, 0.29) is 29.9 Å². The summed E-state index contributed by atoms with van der Waals surface area (Å²) in [6.45, 7) is 7.61. The predicted molar refractivity (Wildman–Crippen MR) is 143 cm³/mol. The summed E-state index contributed by atoms with van der Waals surface area (Å²) in [6, 6.07) is 12.3. The highest BCUT2D eigenvalue weighted by Gasteiger charge is 2.41. The van der Waals surface area contributed by atoms with E-state index in [9.17, 15) is 14.0 Å². The van der Waals surface area contributed by atoms with Crippen molar-refractivity contribution in [1.29, 1.82) is 0 Å². The van der Waals surface area contributed by atoms with Crippen LogP contribution >= 0.6 is 11.8 Å². The molecule has 0 radical (unpaired) electrons. The van der Waals surface area contributed by atoms with Crippen molar-refractivity contribution in [1.82, 2.24) is 14.7 Å². The molecular formula is C28H30F2N4O3S. The van der Waals surface area contributed by atoms with Crippen molar-refractivity contribution >= 4 is 29.4 Å². The number of aromatic nitrogens is 2. The fourth-order valence-electron chi connectivity index (χ4n) is 4.82. The van der Waals surface area contributed by atoms with Crippen LogP contribution in [0.25, 0.3) is 5.69 Å². The Kier molecular flexibility index (Phi) is 7.28. The molecule has 38 heavy (non-hydrogen) atoms. The van der Waals surface area contributed by atoms with Gasteiger partial charge in [-0.05, 0) is 30.3 Å². The number of thioether (sulfide) groups is 1. The molecule has 7 nitrogen and oxygen atoms in total. The summed E-state index contributed by atoms with van der Waals surface area (Å²) in [5.74, 6) is -0.802. The number of benzene rings is 2. The maximum atomic E-state index is 15.2. The van der Waals surface area contributed by atoms with E-state index in [0.717, 1.165) is 0 Å². The maximum Gasteiger partial charge on any atom is 0.242 e. The normalized spacial score (nSPS) is 18.3. The number of carbonyl (C=O) groups is 2. The molecule has 0 N–H and O–H groups in total. The van der Waals surface area contributed by atoms with Crippen LogP contribution in [0.2, 0.25) is 0 Å². The van der Waals surface area contributed by atoms with Crippen LogP contribution in [0.5, 0.6) is 0 Å². The zero-order valence-corrected chi connectivity index (χ0v) is 22.4. The molecule has 1 fully saturated rings. The Morgan fingerprint density at radius 3 is 2.42 bits per heavy atom. The lowest BCUT2D eigenvalue weighted by atomic mass is 9.87. The second kappa shape index (κ2) is 10.5. The number of morpholine rings is 1. The number of amides is 2. The molecule has 2 aliphatic rings. The Bertz CT molecular complexity index is 1350. The van der Waals surface area contributed by atoms with Gasteiger partial charge in [-0.25, -0.2) is 13.5 Å². The zero-order chi connectivity index (χ0) is 27.0. The third-order valence-corrected chi connectivity index (χ3v) is 7.95. The molecule has 3 heterocycles. The van der Waals surface area contributed by atoms with Crippen molar-refractivity contribution in [2.75, 3.05) is 43.5 Å². The number of fused-ring (bicyclic) bond motifs is 1. The topological polar surface area (TPSA) is 67.7 Å². The Balaban J connectivity index is 1.73. The van der Waals surface area contributed by atoms with Gasteiger partial charge in [-0.3, -0.25) is 14.5 Å². The van der Waals surface area contributed by atoms with E-state index in [0.29, 0.717) is 54.6 Å². The average Bonchev–Trinajstić information content (AvgIpc) is 3.24.